The first-order valence-corrected chi connectivity index (χ1v) is 8.50. The van der Waals surface area contributed by atoms with E-state index in [-0.39, 0.29) is 34.6 Å². The lowest BCUT2D eigenvalue weighted by Gasteiger charge is -2.23. The quantitative estimate of drug-likeness (QED) is 0.577. The number of benzene rings is 1. The molecule has 7 nitrogen and oxygen atoms in total. The second-order valence-corrected chi connectivity index (χ2v) is 6.12. The number of ether oxygens (including phenoxy) is 1. The number of nitrogens with one attached hydrogen (secondary N) is 2. The Kier molecular flexibility index (Phi) is 7.11. The highest BCUT2D eigenvalue weighted by Crippen LogP contribution is 2.36. The lowest BCUT2D eigenvalue weighted by molar-refractivity contribution is -0.109. The maximum Gasteiger partial charge on any atom is 0.238 e. The van der Waals surface area contributed by atoms with Gasteiger partial charge in [0.2, 0.25) is 12.3 Å². The number of rotatable bonds is 9. The zero-order valence-electron chi connectivity index (χ0n) is 14.5. The highest BCUT2D eigenvalue weighted by Gasteiger charge is 2.22. The summed E-state index contributed by atoms with van der Waals surface area (Å²) >= 11 is 6.10. The maximum absolute atomic E-state index is 15.0. The molecule has 0 aliphatic heterocycles. The van der Waals surface area contributed by atoms with Gasteiger partial charge in [0.25, 0.3) is 0 Å². The molecule has 1 aromatic heterocycles. The number of anilines is 1. The molecule has 2 aromatic rings. The van der Waals surface area contributed by atoms with Gasteiger partial charge < -0.3 is 21.1 Å². The highest BCUT2D eigenvalue weighted by molar-refractivity contribution is 6.32. The smallest absolute Gasteiger partial charge is 0.238 e. The van der Waals surface area contributed by atoms with Gasteiger partial charge in [-0.15, -0.1) is 0 Å². The van der Waals surface area contributed by atoms with E-state index in [0.29, 0.717) is 24.9 Å². The van der Waals surface area contributed by atoms with Gasteiger partial charge in [-0.2, -0.15) is 0 Å². The van der Waals surface area contributed by atoms with E-state index in [1.54, 1.807) is 12.1 Å². The van der Waals surface area contributed by atoms with Gasteiger partial charge in [0.15, 0.2) is 11.6 Å². The van der Waals surface area contributed by atoms with Crippen molar-refractivity contribution in [1.82, 2.24) is 20.6 Å². The van der Waals surface area contributed by atoms with Crippen molar-refractivity contribution < 1.29 is 13.9 Å². The summed E-state index contributed by atoms with van der Waals surface area (Å²) in [6.07, 6.45) is 3.86. The third-order valence-corrected chi connectivity index (χ3v) is 4.01. The fourth-order valence-electron chi connectivity index (χ4n) is 2.45. The summed E-state index contributed by atoms with van der Waals surface area (Å²) in [6.45, 7) is 4.26. The molecule has 4 N–H and O–H groups in total. The zero-order chi connectivity index (χ0) is 19.1. The van der Waals surface area contributed by atoms with Crippen molar-refractivity contribution in [3.63, 3.8) is 0 Å². The third-order valence-electron chi connectivity index (χ3n) is 3.71. The summed E-state index contributed by atoms with van der Waals surface area (Å²) in [5.74, 6) is -0.388. The van der Waals surface area contributed by atoms with Crippen LogP contribution in [0.3, 0.4) is 0 Å². The lowest BCUT2D eigenvalue weighted by Crippen LogP contribution is -2.38. The van der Waals surface area contributed by atoms with Crippen LogP contribution >= 0.6 is 11.6 Å². The fourth-order valence-corrected chi connectivity index (χ4v) is 2.63. The first kappa shape index (κ1) is 19.9. The van der Waals surface area contributed by atoms with E-state index >= 15 is 4.39 Å². The van der Waals surface area contributed by atoms with Crippen LogP contribution in [-0.4, -0.2) is 29.0 Å². The van der Waals surface area contributed by atoms with Crippen LogP contribution in [0.5, 0.6) is 11.6 Å². The summed E-state index contributed by atoms with van der Waals surface area (Å²) in [5.41, 5.74) is 5.89. The van der Waals surface area contributed by atoms with Gasteiger partial charge in [-0.25, -0.2) is 14.4 Å². The number of nitrogen functional groups attached to an aromatic ring is 1. The molecule has 0 spiro atoms. The number of amides is 1. The van der Waals surface area contributed by atoms with Crippen molar-refractivity contribution in [3.8, 4) is 11.6 Å². The molecule has 0 saturated carbocycles. The number of hydrogen-bond donors (Lipinski definition) is 3. The number of carbonyl (C=O) groups is 1. The van der Waals surface area contributed by atoms with E-state index in [9.17, 15) is 4.79 Å². The second kappa shape index (κ2) is 9.30. The minimum atomic E-state index is -0.578. The van der Waals surface area contributed by atoms with Crippen LogP contribution < -0.4 is 21.1 Å². The monoisotopic (exact) mass is 381 g/mol. The summed E-state index contributed by atoms with van der Waals surface area (Å²) in [7, 11) is 0. The van der Waals surface area contributed by atoms with Crippen LogP contribution in [0, 0.1) is 5.82 Å². The van der Waals surface area contributed by atoms with E-state index in [2.05, 4.69) is 20.6 Å². The lowest BCUT2D eigenvalue weighted by atomic mass is 10.0. The van der Waals surface area contributed by atoms with Gasteiger partial charge in [-0.3, -0.25) is 4.79 Å². The fraction of sp³-hybridized carbons (Fsp3) is 0.353. The average molecular weight is 382 g/mol. The van der Waals surface area contributed by atoms with Crippen LogP contribution in [0.1, 0.15) is 31.9 Å². The molecule has 1 amide bonds. The van der Waals surface area contributed by atoms with Crippen LogP contribution in [-0.2, 0) is 4.79 Å². The predicted molar refractivity (Wildman–Crippen MR) is 97.6 cm³/mol. The molecular formula is C17H21ClFN5O2. The Morgan fingerprint density at radius 2 is 2.15 bits per heavy atom. The molecule has 140 valence electrons. The standard InChI is InChI=1S/C17H21ClFN5O2/c1-3-13(24-10(2)6-21-9-25)11-4-5-12(18)17(16(11)19)26-15-8-22-14(20)7-23-15/h4-5,7-10,13,24H,3,6H2,1-2H3,(H2,20,22)(H,21,25)/t10-,13+/m0/s1. The predicted octanol–water partition coefficient (Wildman–Crippen LogP) is 2.82. The normalized spacial score (nSPS) is 13.1. The minimum absolute atomic E-state index is 0.0486. The molecule has 2 rings (SSSR count). The van der Waals surface area contributed by atoms with Crippen molar-refractivity contribution in [2.45, 2.75) is 32.4 Å². The Labute approximate surface area is 156 Å². The number of aromatic nitrogens is 2. The summed E-state index contributed by atoms with van der Waals surface area (Å²) in [4.78, 5) is 18.2. The molecule has 1 heterocycles. The van der Waals surface area contributed by atoms with Crippen molar-refractivity contribution in [1.29, 1.82) is 0 Å². The molecule has 2 atom stereocenters. The van der Waals surface area contributed by atoms with Crippen molar-refractivity contribution in [2.75, 3.05) is 12.3 Å². The SMILES string of the molecule is CC[C@@H](N[C@@H](C)CNC=O)c1ccc(Cl)c(Oc2cnc(N)cn2)c1F. The molecule has 0 radical (unpaired) electrons. The topological polar surface area (TPSA) is 102 Å². The minimum Gasteiger partial charge on any atom is -0.433 e. The first-order valence-electron chi connectivity index (χ1n) is 8.12. The Hall–Kier alpha value is -2.45. The molecule has 0 fully saturated rings. The van der Waals surface area contributed by atoms with Gasteiger partial charge in [0.1, 0.15) is 5.82 Å². The molecule has 9 heteroatoms. The maximum atomic E-state index is 15.0. The van der Waals surface area contributed by atoms with Crippen LogP contribution in [0.4, 0.5) is 10.2 Å². The Bertz CT molecular complexity index is 745. The third kappa shape index (κ3) is 5.03. The van der Waals surface area contributed by atoms with Gasteiger partial charge in [0, 0.05) is 24.2 Å². The zero-order valence-corrected chi connectivity index (χ0v) is 15.3. The summed E-state index contributed by atoms with van der Waals surface area (Å²) < 4.78 is 20.5. The van der Waals surface area contributed by atoms with E-state index < -0.39 is 5.82 Å². The van der Waals surface area contributed by atoms with E-state index in [4.69, 9.17) is 22.1 Å². The van der Waals surface area contributed by atoms with Crippen molar-refractivity contribution in [3.05, 3.63) is 40.9 Å². The Morgan fingerprint density at radius 3 is 2.77 bits per heavy atom. The number of halogens is 2. The van der Waals surface area contributed by atoms with Crippen molar-refractivity contribution in [2.24, 2.45) is 0 Å². The number of hydrogen-bond acceptors (Lipinski definition) is 6. The van der Waals surface area contributed by atoms with Crippen molar-refractivity contribution >= 4 is 23.8 Å². The number of nitrogens with two attached hydrogens (primary N) is 1. The van der Waals surface area contributed by atoms with Gasteiger partial charge in [0.05, 0.1) is 17.4 Å². The molecule has 0 aliphatic rings. The first-order chi connectivity index (χ1) is 12.5. The Morgan fingerprint density at radius 1 is 1.38 bits per heavy atom. The molecule has 0 saturated heterocycles. The van der Waals surface area contributed by atoms with E-state index in [1.807, 2.05) is 13.8 Å². The van der Waals surface area contributed by atoms with E-state index in [0.717, 1.165) is 0 Å². The molecular weight excluding hydrogens is 361 g/mol. The average Bonchev–Trinajstić information content (AvgIpc) is 2.63. The molecule has 1 aromatic carbocycles. The largest absolute Gasteiger partial charge is 0.433 e. The molecule has 0 bridgehead atoms. The van der Waals surface area contributed by atoms with Gasteiger partial charge >= 0.3 is 0 Å². The molecule has 26 heavy (non-hydrogen) atoms. The van der Waals surface area contributed by atoms with E-state index in [1.165, 1.54) is 12.4 Å². The summed E-state index contributed by atoms with van der Waals surface area (Å²) in [5, 5.41) is 5.99. The second-order valence-electron chi connectivity index (χ2n) is 5.72. The van der Waals surface area contributed by atoms with Crippen LogP contribution in [0.15, 0.2) is 24.5 Å². The molecule has 0 aliphatic carbocycles. The van der Waals surface area contributed by atoms with Crippen LogP contribution in [0.2, 0.25) is 5.02 Å². The number of nitrogens with zero attached hydrogens (tertiary/aromatic N) is 2. The van der Waals surface area contributed by atoms with Gasteiger partial charge in [-0.1, -0.05) is 24.6 Å². The Balaban J connectivity index is 2.25. The highest BCUT2D eigenvalue weighted by atomic mass is 35.5. The molecule has 0 unspecified atom stereocenters. The number of carbonyl (C=O) groups excluding carboxylic acids is 1. The van der Waals surface area contributed by atoms with Crippen LogP contribution in [0.25, 0.3) is 0 Å². The summed E-state index contributed by atoms with van der Waals surface area (Å²) in [6, 6.07) is 2.85. The van der Waals surface area contributed by atoms with Gasteiger partial charge in [-0.05, 0) is 19.4 Å².